The molecule has 1 aliphatic rings. The van der Waals surface area contributed by atoms with Gasteiger partial charge in [-0.1, -0.05) is 29.8 Å². The summed E-state index contributed by atoms with van der Waals surface area (Å²) in [5.74, 6) is -0.590. The van der Waals surface area contributed by atoms with Gasteiger partial charge in [-0.2, -0.15) is 0 Å². The van der Waals surface area contributed by atoms with E-state index in [1.165, 1.54) is 12.1 Å². The molecule has 3 rings (SSSR count). The fourth-order valence-electron chi connectivity index (χ4n) is 2.52. The average Bonchev–Trinajstić information content (AvgIpc) is 2.49. The second kappa shape index (κ2) is 5.47. The molecule has 0 radical (unpaired) electrons. The lowest BCUT2D eigenvalue weighted by molar-refractivity contribution is 0.0946. The molecule has 0 fully saturated rings. The molecular formula is C16H14ClFN2O. The van der Waals surface area contributed by atoms with Crippen LogP contribution in [0.1, 0.15) is 33.1 Å². The number of amides is 1. The molecule has 0 saturated heterocycles. The van der Waals surface area contributed by atoms with Crippen molar-refractivity contribution in [3.8, 4) is 0 Å². The second-order valence-electron chi connectivity index (χ2n) is 5.07. The van der Waals surface area contributed by atoms with Gasteiger partial charge in [-0.3, -0.25) is 4.79 Å². The predicted octanol–water partition coefficient (Wildman–Crippen LogP) is 2.81. The van der Waals surface area contributed by atoms with Gasteiger partial charge in [0.2, 0.25) is 0 Å². The highest BCUT2D eigenvalue weighted by Crippen LogP contribution is 2.26. The molecule has 2 aromatic carbocycles. The van der Waals surface area contributed by atoms with Crippen LogP contribution in [0.4, 0.5) is 4.39 Å². The Morgan fingerprint density at radius 2 is 1.90 bits per heavy atom. The first-order valence-corrected chi connectivity index (χ1v) is 7.05. The zero-order chi connectivity index (χ0) is 15.0. The fraction of sp³-hybridized carbons (Fsp3) is 0.188. The van der Waals surface area contributed by atoms with Gasteiger partial charge in [0.1, 0.15) is 5.82 Å². The minimum atomic E-state index is -0.503. The number of nitrogens with one attached hydrogen (secondary N) is 1. The molecule has 0 spiro atoms. The van der Waals surface area contributed by atoms with Crippen LogP contribution in [0, 0.1) is 5.82 Å². The highest BCUT2D eigenvalue weighted by atomic mass is 35.5. The number of hydrogen-bond donors (Lipinski definition) is 2. The summed E-state index contributed by atoms with van der Waals surface area (Å²) >= 11 is 5.68. The Labute approximate surface area is 126 Å². The zero-order valence-electron chi connectivity index (χ0n) is 11.2. The van der Waals surface area contributed by atoms with Crippen molar-refractivity contribution in [1.82, 2.24) is 5.32 Å². The third-order valence-electron chi connectivity index (χ3n) is 3.72. The average molecular weight is 305 g/mol. The van der Waals surface area contributed by atoms with Crippen LogP contribution in [0.2, 0.25) is 5.02 Å². The zero-order valence-corrected chi connectivity index (χ0v) is 12.0. The van der Waals surface area contributed by atoms with Gasteiger partial charge >= 0.3 is 0 Å². The summed E-state index contributed by atoms with van der Waals surface area (Å²) in [7, 11) is 0. The maximum Gasteiger partial charge on any atom is 0.251 e. The van der Waals surface area contributed by atoms with E-state index in [1.54, 1.807) is 12.1 Å². The summed E-state index contributed by atoms with van der Waals surface area (Å²) in [4.78, 5) is 11.9. The van der Waals surface area contributed by atoms with Crippen molar-refractivity contribution < 1.29 is 9.18 Å². The van der Waals surface area contributed by atoms with Gasteiger partial charge in [0, 0.05) is 12.1 Å². The van der Waals surface area contributed by atoms with Crippen LogP contribution in [0.5, 0.6) is 0 Å². The Morgan fingerprint density at radius 3 is 2.67 bits per heavy atom. The van der Waals surface area contributed by atoms with Gasteiger partial charge < -0.3 is 11.1 Å². The molecule has 0 saturated carbocycles. The van der Waals surface area contributed by atoms with Gasteiger partial charge in [0.15, 0.2) is 0 Å². The van der Waals surface area contributed by atoms with Crippen LogP contribution in [0.25, 0.3) is 0 Å². The van der Waals surface area contributed by atoms with Crippen LogP contribution in [-0.2, 0) is 6.42 Å². The van der Waals surface area contributed by atoms with Crippen molar-refractivity contribution in [2.75, 3.05) is 6.54 Å². The Bertz CT molecular complexity index is 717. The number of fused-ring (bicyclic) bond motifs is 1. The lowest BCUT2D eigenvalue weighted by atomic mass is 9.93. The van der Waals surface area contributed by atoms with Crippen molar-refractivity contribution in [2.24, 2.45) is 5.73 Å². The molecule has 1 aliphatic heterocycles. The number of rotatable bonds is 2. The van der Waals surface area contributed by atoms with Crippen LogP contribution in [0.3, 0.4) is 0 Å². The van der Waals surface area contributed by atoms with Gasteiger partial charge in [0.25, 0.3) is 5.91 Å². The number of halogens is 2. The van der Waals surface area contributed by atoms with Gasteiger partial charge in [-0.15, -0.1) is 0 Å². The molecule has 1 amide bonds. The molecule has 108 valence electrons. The van der Waals surface area contributed by atoms with Gasteiger partial charge in [-0.25, -0.2) is 4.39 Å². The fourth-order valence-corrected chi connectivity index (χ4v) is 2.64. The minimum Gasteiger partial charge on any atom is -0.352 e. The van der Waals surface area contributed by atoms with E-state index in [2.05, 4.69) is 5.32 Å². The van der Waals surface area contributed by atoms with Crippen LogP contribution >= 0.6 is 11.6 Å². The summed E-state index contributed by atoms with van der Waals surface area (Å²) in [5.41, 5.74) is 9.22. The molecule has 2 aromatic rings. The quantitative estimate of drug-likeness (QED) is 0.896. The number of benzene rings is 2. The molecule has 0 bridgehead atoms. The Balaban J connectivity index is 1.98. The molecule has 3 N–H and O–H groups in total. The molecule has 0 aromatic heterocycles. The molecular weight excluding hydrogens is 291 g/mol. The Kier molecular flexibility index (Phi) is 3.66. The van der Waals surface area contributed by atoms with Crippen molar-refractivity contribution in [3.05, 3.63) is 69.5 Å². The van der Waals surface area contributed by atoms with Gasteiger partial charge in [0.05, 0.1) is 11.1 Å². The lowest BCUT2D eigenvalue weighted by Crippen LogP contribution is -2.32. The molecule has 5 heteroatoms. The van der Waals surface area contributed by atoms with Crippen molar-refractivity contribution >= 4 is 17.5 Å². The van der Waals surface area contributed by atoms with Crippen molar-refractivity contribution in [1.29, 1.82) is 0 Å². The molecule has 1 atom stereocenters. The first-order valence-electron chi connectivity index (χ1n) is 6.68. The third-order valence-corrected chi connectivity index (χ3v) is 4.03. The number of nitrogens with two attached hydrogens (primary N) is 1. The Hall–Kier alpha value is -1.91. The van der Waals surface area contributed by atoms with E-state index in [4.69, 9.17) is 17.3 Å². The molecule has 1 heterocycles. The summed E-state index contributed by atoms with van der Waals surface area (Å²) in [6, 6.07) is 9.57. The second-order valence-corrected chi connectivity index (χ2v) is 5.48. The molecule has 1 unspecified atom stereocenters. The number of carbonyl (C=O) groups excluding carboxylic acids is 1. The normalized spacial score (nSPS) is 15.3. The largest absolute Gasteiger partial charge is 0.352 e. The number of hydrogen-bond acceptors (Lipinski definition) is 2. The SMILES string of the molecule is NC(c1ccc(Cl)c(F)c1)c1ccc2c(c1)C(=O)NCC2. The van der Waals surface area contributed by atoms with Crippen molar-refractivity contribution in [2.45, 2.75) is 12.5 Å². The first-order chi connectivity index (χ1) is 10.1. The third kappa shape index (κ3) is 2.64. The summed E-state index contributed by atoms with van der Waals surface area (Å²) < 4.78 is 13.5. The Morgan fingerprint density at radius 1 is 1.19 bits per heavy atom. The summed E-state index contributed by atoms with van der Waals surface area (Å²) in [6.45, 7) is 0.652. The van der Waals surface area contributed by atoms with E-state index in [9.17, 15) is 9.18 Å². The topological polar surface area (TPSA) is 55.1 Å². The monoisotopic (exact) mass is 304 g/mol. The smallest absolute Gasteiger partial charge is 0.251 e. The van der Waals surface area contributed by atoms with E-state index in [1.807, 2.05) is 12.1 Å². The molecule has 0 aliphatic carbocycles. The van der Waals surface area contributed by atoms with E-state index in [0.717, 1.165) is 17.5 Å². The van der Waals surface area contributed by atoms with E-state index in [-0.39, 0.29) is 10.9 Å². The lowest BCUT2D eigenvalue weighted by Gasteiger charge is -2.19. The first kappa shape index (κ1) is 14.0. The van der Waals surface area contributed by atoms with Crippen molar-refractivity contribution in [3.63, 3.8) is 0 Å². The maximum atomic E-state index is 13.5. The van der Waals surface area contributed by atoms with Crippen LogP contribution < -0.4 is 11.1 Å². The van der Waals surface area contributed by atoms with Crippen LogP contribution in [0.15, 0.2) is 36.4 Å². The highest BCUT2D eigenvalue weighted by molar-refractivity contribution is 6.30. The number of carbonyl (C=O) groups is 1. The van der Waals surface area contributed by atoms with E-state index < -0.39 is 11.9 Å². The maximum absolute atomic E-state index is 13.5. The molecule has 21 heavy (non-hydrogen) atoms. The van der Waals surface area contributed by atoms with E-state index >= 15 is 0 Å². The predicted molar refractivity (Wildman–Crippen MR) is 79.9 cm³/mol. The van der Waals surface area contributed by atoms with Crippen LogP contribution in [-0.4, -0.2) is 12.5 Å². The standard InChI is InChI=1S/C16H14ClFN2O/c17-13-4-3-11(8-14(13)18)15(19)10-2-1-9-5-6-20-16(21)12(9)7-10/h1-4,7-8,15H,5-6,19H2,(H,20,21). The minimum absolute atomic E-state index is 0.0655. The molecule has 3 nitrogen and oxygen atoms in total. The summed E-state index contributed by atoms with van der Waals surface area (Å²) in [5, 5.41) is 2.87. The van der Waals surface area contributed by atoms with E-state index in [0.29, 0.717) is 17.7 Å². The summed E-state index contributed by atoms with van der Waals surface area (Å²) in [6.07, 6.45) is 0.812. The van der Waals surface area contributed by atoms with Gasteiger partial charge in [-0.05, 0) is 41.3 Å². The highest BCUT2D eigenvalue weighted by Gasteiger charge is 2.19.